The summed E-state index contributed by atoms with van der Waals surface area (Å²) in [6.07, 6.45) is 0.202. The quantitative estimate of drug-likeness (QED) is 0.839. The van der Waals surface area contributed by atoms with E-state index >= 15 is 0 Å². The van der Waals surface area contributed by atoms with Crippen LogP contribution in [0.15, 0.2) is 48.5 Å². The molecule has 0 spiro atoms. The Labute approximate surface area is 148 Å². The minimum absolute atomic E-state index is 0.0655. The zero-order valence-electron chi connectivity index (χ0n) is 14.6. The highest BCUT2D eigenvalue weighted by atomic mass is 16.5. The molecule has 0 N–H and O–H groups in total. The van der Waals surface area contributed by atoms with Crippen molar-refractivity contribution in [1.29, 1.82) is 0 Å². The van der Waals surface area contributed by atoms with Gasteiger partial charge in [0.15, 0.2) is 0 Å². The number of benzene rings is 2. The van der Waals surface area contributed by atoms with E-state index in [-0.39, 0.29) is 18.4 Å². The van der Waals surface area contributed by atoms with Gasteiger partial charge in [-0.05, 0) is 23.8 Å². The predicted molar refractivity (Wildman–Crippen MR) is 95.0 cm³/mol. The molecule has 1 atom stereocenters. The number of nitrogens with zero attached hydrogens (tertiary/aromatic N) is 1. The van der Waals surface area contributed by atoms with Gasteiger partial charge < -0.3 is 19.1 Å². The van der Waals surface area contributed by atoms with E-state index in [1.807, 2.05) is 53.4 Å². The number of hydrogen-bond acceptors (Lipinski definition) is 4. The van der Waals surface area contributed by atoms with Crippen molar-refractivity contribution < 1.29 is 19.0 Å². The van der Waals surface area contributed by atoms with Crippen LogP contribution in [0.5, 0.6) is 11.5 Å². The van der Waals surface area contributed by atoms with Crippen LogP contribution in [0, 0.1) is 0 Å². The molecule has 0 saturated carbocycles. The summed E-state index contributed by atoms with van der Waals surface area (Å²) in [7, 11) is 3.22. The molecule has 5 nitrogen and oxygen atoms in total. The number of carbonyl (C=O) groups is 1. The first kappa shape index (κ1) is 17.3. The van der Waals surface area contributed by atoms with Gasteiger partial charge in [0.25, 0.3) is 0 Å². The maximum atomic E-state index is 12.8. The Hall–Kier alpha value is -2.53. The van der Waals surface area contributed by atoms with Crippen LogP contribution in [-0.4, -0.2) is 44.7 Å². The third-order valence-corrected chi connectivity index (χ3v) is 4.42. The summed E-state index contributed by atoms with van der Waals surface area (Å²) in [5, 5.41) is 0. The SMILES string of the molecule is COc1ccc(OC)c(CC(=O)N2CCOC(c3ccccc3)C2)c1. The fraction of sp³-hybridized carbons (Fsp3) is 0.350. The van der Waals surface area contributed by atoms with Gasteiger partial charge in [0.2, 0.25) is 5.91 Å². The van der Waals surface area contributed by atoms with Crippen LogP contribution in [0.2, 0.25) is 0 Å². The van der Waals surface area contributed by atoms with Gasteiger partial charge in [-0.15, -0.1) is 0 Å². The van der Waals surface area contributed by atoms with Crippen LogP contribution in [0.4, 0.5) is 0 Å². The first-order valence-corrected chi connectivity index (χ1v) is 8.36. The van der Waals surface area contributed by atoms with Crippen molar-refractivity contribution >= 4 is 5.91 Å². The summed E-state index contributed by atoms with van der Waals surface area (Å²) >= 11 is 0. The molecule has 2 aromatic rings. The minimum Gasteiger partial charge on any atom is -0.497 e. The fourth-order valence-electron chi connectivity index (χ4n) is 3.04. The van der Waals surface area contributed by atoms with Crippen LogP contribution in [0.25, 0.3) is 0 Å². The highest BCUT2D eigenvalue weighted by molar-refractivity contribution is 5.80. The summed E-state index contributed by atoms with van der Waals surface area (Å²) in [4.78, 5) is 14.6. The lowest BCUT2D eigenvalue weighted by atomic mass is 10.1. The molecule has 25 heavy (non-hydrogen) atoms. The molecule has 0 aliphatic carbocycles. The molecule has 0 radical (unpaired) electrons. The predicted octanol–water partition coefficient (Wildman–Crippen LogP) is 2.85. The van der Waals surface area contributed by atoms with Crippen molar-refractivity contribution in [3.05, 3.63) is 59.7 Å². The van der Waals surface area contributed by atoms with Gasteiger partial charge in [0.1, 0.15) is 17.6 Å². The Bertz CT molecular complexity index is 717. The summed E-state index contributed by atoms with van der Waals surface area (Å²) in [5.41, 5.74) is 1.92. The lowest BCUT2D eigenvalue weighted by Crippen LogP contribution is -2.43. The number of ether oxygens (including phenoxy) is 3. The second kappa shape index (κ2) is 8.03. The Morgan fingerprint density at radius 2 is 1.96 bits per heavy atom. The zero-order chi connectivity index (χ0) is 17.6. The molecule has 1 saturated heterocycles. The Morgan fingerprint density at radius 1 is 1.16 bits per heavy atom. The van der Waals surface area contributed by atoms with Crippen molar-refractivity contribution in [2.45, 2.75) is 12.5 Å². The van der Waals surface area contributed by atoms with Crippen LogP contribution in [0.1, 0.15) is 17.2 Å². The molecule has 3 rings (SSSR count). The summed E-state index contributed by atoms with van der Waals surface area (Å²) in [5.74, 6) is 1.48. The van der Waals surface area contributed by atoms with Gasteiger partial charge in [-0.2, -0.15) is 0 Å². The number of rotatable bonds is 5. The monoisotopic (exact) mass is 341 g/mol. The normalized spacial score (nSPS) is 17.2. The van der Waals surface area contributed by atoms with Gasteiger partial charge in [-0.3, -0.25) is 4.79 Å². The molecule has 0 bridgehead atoms. The fourth-order valence-corrected chi connectivity index (χ4v) is 3.04. The van der Waals surface area contributed by atoms with E-state index in [0.717, 1.165) is 11.1 Å². The second-order valence-electron chi connectivity index (χ2n) is 5.96. The molecule has 1 aliphatic rings. The van der Waals surface area contributed by atoms with Gasteiger partial charge in [0, 0.05) is 12.1 Å². The third kappa shape index (κ3) is 4.12. The number of morpholine rings is 1. The molecular weight excluding hydrogens is 318 g/mol. The molecular formula is C20H23NO4. The molecule has 132 valence electrons. The number of hydrogen-bond donors (Lipinski definition) is 0. The van der Waals surface area contributed by atoms with Crippen molar-refractivity contribution in [1.82, 2.24) is 4.90 Å². The van der Waals surface area contributed by atoms with Crippen molar-refractivity contribution in [3.8, 4) is 11.5 Å². The Balaban J connectivity index is 1.71. The molecule has 1 unspecified atom stereocenters. The van der Waals surface area contributed by atoms with Crippen molar-refractivity contribution in [3.63, 3.8) is 0 Å². The van der Waals surface area contributed by atoms with Gasteiger partial charge in [0.05, 0.1) is 33.8 Å². The number of amides is 1. The van der Waals surface area contributed by atoms with Gasteiger partial charge in [-0.1, -0.05) is 30.3 Å². The minimum atomic E-state index is -0.0777. The van der Waals surface area contributed by atoms with Crippen LogP contribution >= 0.6 is 0 Å². The Kier molecular flexibility index (Phi) is 5.56. The van der Waals surface area contributed by atoms with Crippen LogP contribution < -0.4 is 9.47 Å². The van der Waals surface area contributed by atoms with E-state index in [2.05, 4.69) is 0 Å². The van der Waals surface area contributed by atoms with Crippen LogP contribution in [0.3, 0.4) is 0 Å². The smallest absolute Gasteiger partial charge is 0.227 e. The molecule has 1 heterocycles. The average molecular weight is 341 g/mol. The van der Waals surface area contributed by atoms with Crippen molar-refractivity contribution in [2.75, 3.05) is 33.9 Å². The van der Waals surface area contributed by atoms with E-state index in [1.165, 1.54) is 0 Å². The van der Waals surface area contributed by atoms with E-state index in [9.17, 15) is 4.79 Å². The lowest BCUT2D eigenvalue weighted by molar-refractivity contribution is -0.138. The summed E-state index contributed by atoms with van der Waals surface area (Å²) in [6.45, 7) is 1.71. The highest BCUT2D eigenvalue weighted by Crippen LogP contribution is 2.26. The van der Waals surface area contributed by atoms with Crippen LogP contribution in [-0.2, 0) is 16.0 Å². The lowest BCUT2D eigenvalue weighted by Gasteiger charge is -2.33. The van der Waals surface area contributed by atoms with E-state index in [1.54, 1.807) is 14.2 Å². The largest absolute Gasteiger partial charge is 0.497 e. The molecule has 1 amide bonds. The molecule has 5 heteroatoms. The molecule has 1 aliphatic heterocycles. The number of methoxy groups -OCH3 is 2. The van der Waals surface area contributed by atoms with Crippen molar-refractivity contribution in [2.24, 2.45) is 0 Å². The molecule has 2 aromatic carbocycles. The third-order valence-electron chi connectivity index (χ3n) is 4.42. The first-order chi connectivity index (χ1) is 12.2. The van der Waals surface area contributed by atoms with E-state index in [4.69, 9.17) is 14.2 Å². The second-order valence-corrected chi connectivity index (χ2v) is 5.96. The summed E-state index contributed by atoms with van der Waals surface area (Å²) in [6, 6.07) is 15.5. The number of carbonyl (C=O) groups excluding carboxylic acids is 1. The summed E-state index contributed by atoms with van der Waals surface area (Å²) < 4.78 is 16.5. The van der Waals surface area contributed by atoms with E-state index < -0.39 is 0 Å². The molecule has 1 fully saturated rings. The van der Waals surface area contributed by atoms with E-state index in [0.29, 0.717) is 31.2 Å². The highest BCUT2D eigenvalue weighted by Gasteiger charge is 2.26. The topological polar surface area (TPSA) is 48.0 Å². The zero-order valence-corrected chi connectivity index (χ0v) is 14.6. The maximum Gasteiger partial charge on any atom is 0.227 e. The maximum absolute atomic E-state index is 12.8. The van der Waals surface area contributed by atoms with Gasteiger partial charge >= 0.3 is 0 Å². The molecule has 0 aromatic heterocycles. The Morgan fingerprint density at radius 3 is 2.68 bits per heavy atom. The van der Waals surface area contributed by atoms with Gasteiger partial charge in [-0.25, -0.2) is 0 Å². The first-order valence-electron chi connectivity index (χ1n) is 8.36. The average Bonchev–Trinajstić information content (AvgIpc) is 2.68. The standard InChI is InChI=1S/C20H23NO4/c1-23-17-8-9-18(24-2)16(12-17)13-20(22)21-10-11-25-19(14-21)15-6-4-3-5-7-15/h3-9,12,19H,10-11,13-14H2,1-2H3.